The predicted octanol–water partition coefficient (Wildman–Crippen LogP) is 3.05. The number of piperazine rings is 1. The summed E-state index contributed by atoms with van der Waals surface area (Å²) in [5.74, 6) is -0.119. The van der Waals surface area contributed by atoms with Gasteiger partial charge in [0.15, 0.2) is 0 Å². The van der Waals surface area contributed by atoms with E-state index in [4.69, 9.17) is 23.2 Å². The molecule has 0 unspecified atom stereocenters. The van der Waals surface area contributed by atoms with Crippen molar-refractivity contribution >= 4 is 46.9 Å². The molecule has 2 aromatic rings. The van der Waals surface area contributed by atoms with Gasteiger partial charge in [0.1, 0.15) is 0 Å². The van der Waals surface area contributed by atoms with Gasteiger partial charge in [-0.1, -0.05) is 29.3 Å². The molecule has 1 fully saturated rings. The highest BCUT2D eigenvalue weighted by Crippen LogP contribution is 2.32. The Morgan fingerprint density at radius 3 is 2.44 bits per heavy atom. The van der Waals surface area contributed by atoms with Crippen LogP contribution in [0.5, 0.6) is 0 Å². The van der Waals surface area contributed by atoms with Crippen LogP contribution in [0.3, 0.4) is 0 Å². The van der Waals surface area contributed by atoms with Crippen molar-refractivity contribution in [3.05, 3.63) is 52.3 Å². The molecule has 0 atom stereocenters. The molecule has 130 valence electrons. The lowest BCUT2D eigenvalue weighted by Gasteiger charge is -2.32. The summed E-state index contributed by atoms with van der Waals surface area (Å²) in [5.41, 5.74) is 1.65. The minimum atomic E-state index is -0.119. The maximum absolute atomic E-state index is 12.6. The molecule has 1 aromatic carbocycles. The molecule has 1 aromatic heterocycles. The zero-order valence-electron chi connectivity index (χ0n) is 13.3. The molecule has 6 nitrogen and oxygen atoms in total. The van der Waals surface area contributed by atoms with E-state index in [9.17, 15) is 9.59 Å². The molecule has 1 N–H and O–H groups in total. The van der Waals surface area contributed by atoms with Crippen LogP contribution < -0.4 is 5.32 Å². The number of para-hydroxylation sites is 1. The van der Waals surface area contributed by atoms with Crippen LogP contribution in [0, 0.1) is 0 Å². The van der Waals surface area contributed by atoms with E-state index in [0.717, 1.165) is 6.41 Å². The molecule has 0 spiro atoms. The van der Waals surface area contributed by atoms with Gasteiger partial charge in [0, 0.05) is 32.4 Å². The Bertz CT molecular complexity index is 772. The number of carbonyl (C=O) groups is 2. The number of halogens is 2. The van der Waals surface area contributed by atoms with Crippen molar-refractivity contribution in [3.63, 3.8) is 0 Å². The number of carbonyl (C=O) groups excluding carboxylic acids is 2. The van der Waals surface area contributed by atoms with E-state index < -0.39 is 0 Å². The van der Waals surface area contributed by atoms with Crippen LogP contribution in [0.1, 0.15) is 10.4 Å². The summed E-state index contributed by atoms with van der Waals surface area (Å²) >= 11 is 12.3. The fourth-order valence-electron chi connectivity index (χ4n) is 2.60. The summed E-state index contributed by atoms with van der Waals surface area (Å²) in [6.45, 7) is 2.09. The molecule has 0 aliphatic carbocycles. The number of nitrogens with zero attached hydrogens (tertiary/aromatic N) is 3. The molecule has 0 bridgehead atoms. The van der Waals surface area contributed by atoms with E-state index in [1.165, 1.54) is 6.20 Å². The molecule has 3 rings (SSSR count). The van der Waals surface area contributed by atoms with Crippen LogP contribution in [-0.2, 0) is 4.79 Å². The molecule has 1 aliphatic heterocycles. The van der Waals surface area contributed by atoms with Gasteiger partial charge >= 0.3 is 0 Å². The molecule has 8 heteroatoms. The smallest absolute Gasteiger partial charge is 0.255 e. The maximum atomic E-state index is 12.6. The number of amides is 2. The Kier molecular flexibility index (Phi) is 5.40. The predicted molar refractivity (Wildman–Crippen MR) is 97.5 cm³/mol. The van der Waals surface area contributed by atoms with Crippen molar-refractivity contribution in [1.29, 1.82) is 0 Å². The largest absolute Gasteiger partial charge is 0.352 e. The van der Waals surface area contributed by atoms with Crippen molar-refractivity contribution in [2.75, 3.05) is 31.5 Å². The van der Waals surface area contributed by atoms with E-state index in [1.54, 1.807) is 40.3 Å². The summed E-state index contributed by atoms with van der Waals surface area (Å²) in [5, 5.41) is 4.06. The van der Waals surface area contributed by atoms with Crippen molar-refractivity contribution < 1.29 is 9.59 Å². The summed E-state index contributed by atoms with van der Waals surface area (Å²) in [7, 11) is 0. The van der Waals surface area contributed by atoms with Gasteiger partial charge in [-0.15, -0.1) is 0 Å². The number of pyridine rings is 1. The average Bonchev–Trinajstić information content (AvgIpc) is 2.64. The summed E-state index contributed by atoms with van der Waals surface area (Å²) in [6, 6.07) is 6.92. The van der Waals surface area contributed by atoms with Crippen LogP contribution in [0.2, 0.25) is 10.0 Å². The zero-order valence-corrected chi connectivity index (χ0v) is 14.8. The first-order chi connectivity index (χ1) is 12.1. The normalized spacial score (nSPS) is 14.3. The van der Waals surface area contributed by atoms with Gasteiger partial charge in [-0.2, -0.15) is 0 Å². The van der Waals surface area contributed by atoms with Crippen molar-refractivity contribution in [3.8, 4) is 0 Å². The van der Waals surface area contributed by atoms with Gasteiger partial charge in [0.25, 0.3) is 5.91 Å². The highest BCUT2D eigenvalue weighted by atomic mass is 35.5. The first-order valence-corrected chi connectivity index (χ1v) is 8.49. The quantitative estimate of drug-likeness (QED) is 0.830. The number of hydrogen-bond donors (Lipinski definition) is 1. The monoisotopic (exact) mass is 378 g/mol. The van der Waals surface area contributed by atoms with Gasteiger partial charge in [0.05, 0.1) is 33.2 Å². The van der Waals surface area contributed by atoms with Crippen LogP contribution in [0.15, 0.2) is 36.7 Å². The minimum absolute atomic E-state index is 0.119. The van der Waals surface area contributed by atoms with Crippen LogP contribution in [-0.4, -0.2) is 53.3 Å². The lowest BCUT2D eigenvalue weighted by atomic mass is 10.2. The molecular formula is C17H16Cl2N4O2. The van der Waals surface area contributed by atoms with Crippen molar-refractivity contribution in [2.24, 2.45) is 0 Å². The number of hydrogen-bond acceptors (Lipinski definition) is 4. The molecule has 2 amide bonds. The number of benzene rings is 1. The minimum Gasteiger partial charge on any atom is -0.352 e. The number of anilines is 2. The Hall–Kier alpha value is -2.31. The second-order valence-electron chi connectivity index (χ2n) is 5.62. The van der Waals surface area contributed by atoms with Gasteiger partial charge in [-0.05, 0) is 18.2 Å². The van der Waals surface area contributed by atoms with Crippen LogP contribution in [0.4, 0.5) is 11.4 Å². The van der Waals surface area contributed by atoms with E-state index in [-0.39, 0.29) is 5.91 Å². The Morgan fingerprint density at radius 1 is 1.12 bits per heavy atom. The van der Waals surface area contributed by atoms with Gasteiger partial charge in [-0.3, -0.25) is 14.6 Å². The second-order valence-corrected chi connectivity index (χ2v) is 6.43. The first-order valence-electron chi connectivity index (χ1n) is 7.73. The molecule has 1 aliphatic rings. The Morgan fingerprint density at radius 2 is 1.80 bits per heavy atom. The third kappa shape index (κ3) is 4.03. The second kappa shape index (κ2) is 7.72. The Balaban J connectivity index is 1.75. The van der Waals surface area contributed by atoms with Gasteiger partial charge in [-0.25, -0.2) is 0 Å². The maximum Gasteiger partial charge on any atom is 0.255 e. The fourth-order valence-corrected chi connectivity index (χ4v) is 3.09. The molecule has 1 saturated heterocycles. The third-order valence-corrected chi connectivity index (χ3v) is 4.60. The van der Waals surface area contributed by atoms with E-state index in [0.29, 0.717) is 53.2 Å². The molecule has 25 heavy (non-hydrogen) atoms. The van der Waals surface area contributed by atoms with Crippen molar-refractivity contribution in [2.45, 2.75) is 0 Å². The fraction of sp³-hybridized carbons (Fsp3) is 0.235. The molecule has 2 heterocycles. The topological polar surface area (TPSA) is 65.5 Å². The summed E-state index contributed by atoms with van der Waals surface area (Å²) in [6.07, 6.45) is 3.93. The SMILES string of the molecule is O=CN1CCN(C(=O)c2cncc(Nc3c(Cl)cccc3Cl)c2)CC1. The standard InChI is InChI=1S/C17H16Cl2N4O2/c18-14-2-1-3-15(19)16(14)21-13-8-12(9-20-10-13)17(25)23-6-4-22(11-24)5-7-23/h1-3,8-11,21H,4-7H2. The molecular weight excluding hydrogens is 363 g/mol. The number of aromatic nitrogens is 1. The first kappa shape index (κ1) is 17.5. The number of nitrogens with one attached hydrogen (secondary N) is 1. The lowest BCUT2D eigenvalue weighted by Crippen LogP contribution is -2.48. The average molecular weight is 379 g/mol. The van der Waals surface area contributed by atoms with Gasteiger partial charge < -0.3 is 15.1 Å². The highest BCUT2D eigenvalue weighted by Gasteiger charge is 2.21. The van der Waals surface area contributed by atoms with Crippen LogP contribution >= 0.6 is 23.2 Å². The summed E-state index contributed by atoms with van der Waals surface area (Å²) < 4.78 is 0. The molecule has 0 saturated carbocycles. The van der Waals surface area contributed by atoms with Crippen molar-refractivity contribution in [1.82, 2.24) is 14.8 Å². The van der Waals surface area contributed by atoms with Crippen LogP contribution in [0.25, 0.3) is 0 Å². The van der Waals surface area contributed by atoms with E-state index in [1.807, 2.05) is 0 Å². The Labute approximate surface area is 155 Å². The zero-order chi connectivity index (χ0) is 17.8. The number of rotatable bonds is 4. The van der Waals surface area contributed by atoms with E-state index in [2.05, 4.69) is 10.3 Å². The summed E-state index contributed by atoms with van der Waals surface area (Å²) in [4.78, 5) is 30.9. The van der Waals surface area contributed by atoms with E-state index >= 15 is 0 Å². The van der Waals surface area contributed by atoms with Gasteiger partial charge in [0.2, 0.25) is 6.41 Å². The highest BCUT2D eigenvalue weighted by molar-refractivity contribution is 6.39. The third-order valence-electron chi connectivity index (χ3n) is 3.97. The lowest BCUT2D eigenvalue weighted by molar-refractivity contribution is -0.119. The molecule has 0 radical (unpaired) electrons.